The molecule has 2 aromatic rings. The quantitative estimate of drug-likeness (QED) is 0.544. The summed E-state index contributed by atoms with van der Waals surface area (Å²) in [7, 11) is 0. The number of ether oxygens (including phenoxy) is 1. The number of likely N-dealkylation sites (tertiary alicyclic amines) is 1. The maximum atomic E-state index is 14.3. The highest BCUT2D eigenvalue weighted by molar-refractivity contribution is 6.34. The summed E-state index contributed by atoms with van der Waals surface area (Å²) >= 11 is 12.2. The summed E-state index contributed by atoms with van der Waals surface area (Å²) in [5, 5.41) is 10.4. The molecule has 162 valence electrons. The highest BCUT2D eigenvalue weighted by Crippen LogP contribution is 2.45. The summed E-state index contributed by atoms with van der Waals surface area (Å²) in [6, 6.07) is 8.21. The molecule has 1 saturated heterocycles. The van der Waals surface area contributed by atoms with Gasteiger partial charge in [-0.1, -0.05) is 23.2 Å². The van der Waals surface area contributed by atoms with Crippen molar-refractivity contribution >= 4 is 41.6 Å². The van der Waals surface area contributed by atoms with Crippen molar-refractivity contribution < 1.29 is 19.0 Å². The fourth-order valence-electron chi connectivity index (χ4n) is 3.94. The third kappa shape index (κ3) is 5.58. The molecule has 1 unspecified atom stereocenters. The molecule has 4 nitrogen and oxygen atoms in total. The van der Waals surface area contributed by atoms with Gasteiger partial charge in [0.05, 0.1) is 5.56 Å². The van der Waals surface area contributed by atoms with Gasteiger partial charge >= 0.3 is 5.97 Å². The largest absolute Gasteiger partial charge is 0.489 e. The van der Waals surface area contributed by atoms with Crippen LogP contribution in [0.2, 0.25) is 10.0 Å². The molecule has 2 aliphatic rings. The summed E-state index contributed by atoms with van der Waals surface area (Å²) in [6.07, 6.45) is 3.72. The van der Waals surface area contributed by atoms with Gasteiger partial charge in [-0.15, -0.1) is 12.4 Å². The number of hydrogen-bond donors (Lipinski definition) is 1. The van der Waals surface area contributed by atoms with E-state index in [0.717, 1.165) is 43.4 Å². The third-order valence-electron chi connectivity index (χ3n) is 5.43. The molecule has 1 heterocycles. The molecule has 1 atom stereocenters. The van der Waals surface area contributed by atoms with E-state index in [1.54, 1.807) is 6.07 Å². The number of carboxylic acid groups (broad SMARTS) is 1. The molecule has 8 heteroatoms. The Morgan fingerprint density at radius 2 is 1.83 bits per heavy atom. The van der Waals surface area contributed by atoms with E-state index in [2.05, 4.69) is 4.90 Å². The smallest absolute Gasteiger partial charge is 0.338 e. The highest BCUT2D eigenvalue weighted by atomic mass is 35.5. The minimum Gasteiger partial charge on any atom is -0.489 e. The van der Waals surface area contributed by atoms with Crippen molar-refractivity contribution in [2.75, 3.05) is 13.1 Å². The zero-order valence-corrected chi connectivity index (χ0v) is 18.6. The summed E-state index contributed by atoms with van der Waals surface area (Å²) in [5.41, 5.74) is 1.56. The maximum absolute atomic E-state index is 14.3. The predicted octanol–water partition coefficient (Wildman–Crippen LogP) is 6.17. The number of benzene rings is 2. The van der Waals surface area contributed by atoms with Gasteiger partial charge in [-0.2, -0.15) is 0 Å². The Kier molecular flexibility index (Phi) is 7.51. The number of hydrogen-bond acceptors (Lipinski definition) is 3. The second-order valence-corrected chi connectivity index (χ2v) is 8.72. The maximum Gasteiger partial charge on any atom is 0.338 e. The van der Waals surface area contributed by atoms with Crippen LogP contribution >= 0.6 is 35.6 Å². The van der Waals surface area contributed by atoms with E-state index in [1.165, 1.54) is 12.1 Å². The molecule has 0 amide bonds. The Morgan fingerprint density at radius 1 is 1.13 bits per heavy atom. The minimum absolute atomic E-state index is 0. The number of rotatable bonds is 6. The Bertz CT molecular complexity index is 916. The minimum atomic E-state index is -1.25. The van der Waals surface area contributed by atoms with E-state index in [9.17, 15) is 14.3 Å². The number of nitrogens with zero attached hydrogens (tertiary/aromatic N) is 1. The molecule has 2 fully saturated rings. The van der Waals surface area contributed by atoms with Crippen LogP contribution in [-0.2, 0) is 6.54 Å². The van der Waals surface area contributed by atoms with E-state index in [0.29, 0.717) is 28.9 Å². The second kappa shape index (κ2) is 9.73. The molecule has 1 aliphatic heterocycles. The molecule has 1 saturated carbocycles. The van der Waals surface area contributed by atoms with Crippen LogP contribution in [-0.4, -0.2) is 35.2 Å². The number of halogens is 4. The van der Waals surface area contributed by atoms with Crippen LogP contribution in [0.3, 0.4) is 0 Å². The van der Waals surface area contributed by atoms with Crippen LogP contribution in [0, 0.1) is 5.82 Å². The van der Waals surface area contributed by atoms with Crippen LogP contribution in [0.1, 0.15) is 53.1 Å². The molecule has 1 N–H and O–H groups in total. The summed E-state index contributed by atoms with van der Waals surface area (Å²) in [5.74, 6) is -1.26. The molecular weight excluding hydrogens is 452 g/mol. The van der Waals surface area contributed by atoms with Crippen molar-refractivity contribution in [2.24, 2.45) is 0 Å². The normalized spacial score (nSPS) is 19.2. The molecule has 1 aliphatic carbocycles. The van der Waals surface area contributed by atoms with Gasteiger partial charge < -0.3 is 9.84 Å². The fraction of sp³-hybridized carbons (Fsp3) is 0.409. The van der Waals surface area contributed by atoms with E-state index in [4.69, 9.17) is 27.9 Å². The lowest BCUT2D eigenvalue weighted by Gasteiger charge is -2.33. The van der Waals surface area contributed by atoms with Gasteiger partial charge in [-0.25, -0.2) is 9.18 Å². The van der Waals surface area contributed by atoms with Gasteiger partial charge in [0.15, 0.2) is 0 Å². The molecule has 0 bridgehead atoms. The number of carbonyl (C=O) groups is 1. The monoisotopic (exact) mass is 473 g/mol. The second-order valence-electron chi connectivity index (χ2n) is 7.84. The lowest BCUT2D eigenvalue weighted by atomic mass is 10.0. The lowest BCUT2D eigenvalue weighted by Crippen LogP contribution is -2.40. The average molecular weight is 475 g/mol. The van der Waals surface area contributed by atoms with Gasteiger partial charge in [0.2, 0.25) is 0 Å². The lowest BCUT2D eigenvalue weighted by molar-refractivity contribution is 0.0690. The van der Waals surface area contributed by atoms with Gasteiger partial charge in [0.1, 0.15) is 17.7 Å². The van der Waals surface area contributed by atoms with Gasteiger partial charge in [0, 0.05) is 29.2 Å². The average Bonchev–Trinajstić information content (AvgIpc) is 3.46. The highest BCUT2D eigenvalue weighted by Gasteiger charge is 2.31. The van der Waals surface area contributed by atoms with E-state index in [1.807, 2.05) is 12.1 Å². The first-order valence-electron chi connectivity index (χ1n) is 9.80. The SMILES string of the molecule is Cl.O=C(O)c1cc(C2CC2)c(OC2CCCN(Cc3cc(Cl)cc(Cl)c3)C2)cc1F. The molecule has 30 heavy (non-hydrogen) atoms. The van der Waals surface area contributed by atoms with Crippen molar-refractivity contribution in [2.45, 2.75) is 44.2 Å². The summed E-state index contributed by atoms with van der Waals surface area (Å²) < 4.78 is 20.5. The molecule has 0 spiro atoms. The van der Waals surface area contributed by atoms with Crippen molar-refractivity contribution in [3.8, 4) is 5.75 Å². The van der Waals surface area contributed by atoms with Gasteiger partial charge in [0.25, 0.3) is 0 Å². The topological polar surface area (TPSA) is 49.8 Å². The fourth-order valence-corrected chi connectivity index (χ4v) is 4.52. The Morgan fingerprint density at radius 3 is 2.47 bits per heavy atom. The van der Waals surface area contributed by atoms with E-state index < -0.39 is 11.8 Å². The molecule has 4 rings (SSSR count). The Labute approximate surface area is 191 Å². The predicted molar refractivity (Wildman–Crippen MR) is 118 cm³/mol. The number of carboxylic acids is 1. The van der Waals surface area contributed by atoms with Crippen LogP contribution in [0.4, 0.5) is 4.39 Å². The molecule has 2 aromatic carbocycles. The first kappa shape index (κ1) is 23.1. The van der Waals surface area contributed by atoms with E-state index in [-0.39, 0.29) is 30.0 Å². The summed E-state index contributed by atoms with van der Waals surface area (Å²) in [6.45, 7) is 2.35. The molecular formula is C22H23Cl3FNO3. The van der Waals surface area contributed by atoms with Crippen molar-refractivity contribution in [1.29, 1.82) is 0 Å². The Balaban J connectivity index is 0.00000256. The van der Waals surface area contributed by atoms with Crippen LogP contribution < -0.4 is 4.74 Å². The zero-order valence-electron chi connectivity index (χ0n) is 16.2. The first-order chi connectivity index (χ1) is 13.9. The van der Waals surface area contributed by atoms with Crippen molar-refractivity contribution in [1.82, 2.24) is 4.90 Å². The molecule has 0 aromatic heterocycles. The Hall–Kier alpha value is -1.53. The van der Waals surface area contributed by atoms with Crippen LogP contribution in [0.25, 0.3) is 0 Å². The van der Waals surface area contributed by atoms with Gasteiger partial charge in [-0.3, -0.25) is 4.90 Å². The third-order valence-corrected chi connectivity index (χ3v) is 5.87. The van der Waals surface area contributed by atoms with Crippen LogP contribution in [0.5, 0.6) is 5.75 Å². The van der Waals surface area contributed by atoms with E-state index >= 15 is 0 Å². The first-order valence-corrected chi connectivity index (χ1v) is 10.6. The van der Waals surface area contributed by atoms with Crippen molar-refractivity contribution in [3.63, 3.8) is 0 Å². The number of aromatic carboxylic acids is 1. The standard InChI is InChI=1S/C22H22Cl2FNO3.ClH/c23-15-6-13(7-16(24)8-15)11-26-5-1-2-17(12-26)29-21-10-20(25)19(22(27)28)9-18(21)14-3-4-14;/h6-10,14,17H,1-5,11-12H2,(H,27,28);1H. The van der Waals surface area contributed by atoms with Crippen LogP contribution in [0.15, 0.2) is 30.3 Å². The molecule has 0 radical (unpaired) electrons. The van der Waals surface area contributed by atoms with Gasteiger partial charge in [-0.05, 0) is 73.5 Å². The summed E-state index contributed by atoms with van der Waals surface area (Å²) in [4.78, 5) is 13.5. The van der Waals surface area contributed by atoms with Crippen molar-refractivity contribution in [3.05, 3.63) is 62.9 Å². The zero-order chi connectivity index (χ0) is 20.5. The number of piperidine rings is 1.